The fourth-order valence-electron chi connectivity index (χ4n) is 0.606. The summed E-state index contributed by atoms with van der Waals surface area (Å²) in [7, 11) is 0. The fraction of sp³-hybridized carbons (Fsp3) is 0. The highest BCUT2D eigenvalue weighted by Gasteiger charge is 2.02. The third-order valence-corrected chi connectivity index (χ3v) is 1.10. The Kier molecular flexibility index (Phi) is 2.04. The van der Waals surface area contributed by atoms with E-state index in [4.69, 9.17) is 10.5 Å². The standard InChI is InChI=1S/C7H4N4/c8-4-6-2-1-3-10-11-7(6)5-9/h1-3,11H. The van der Waals surface area contributed by atoms with Crippen molar-refractivity contribution in [2.75, 3.05) is 0 Å². The summed E-state index contributed by atoms with van der Waals surface area (Å²) in [4.78, 5) is 0. The predicted molar refractivity (Wildman–Crippen MR) is 39.0 cm³/mol. The SMILES string of the molecule is N#CC1=C(C#N)NN=CC=C1. The number of nitrogens with zero attached hydrogens (tertiary/aromatic N) is 3. The molecule has 0 amide bonds. The molecule has 0 aliphatic carbocycles. The minimum atomic E-state index is 0.178. The first-order valence-corrected chi connectivity index (χ1v) is 2.88. The van der Waals surface area contributed by atoms with Gasteiger partial charge in [-0.2, -0.15) is 15.6 Å². The van der Waals surface area contributed by atoms with E-state index in [1.807, 2.05) is 12.1 Å². The molecular weight excluding hydrogens is 140 g/mol. The lowest BCUT2D eigenvalue weighted by Gasteiger charge is -1.93. The molecule has 0 bridgehead atoms. The van der Waals surface area contributed by atoms with Crippen molar-refractivity contribution in [3.63, 3.8) is 0 Å². The third-order valence-electron chi connectivity index (χ3n) is 1.10. The predicted octanol–water partition coefficient (Wildman–Crippen LogP) is 0.433. The van der Waals surface area contributed by atoms with Gasteiger partial charge in [-0.1, -0.05) is 0 Å². The maximum atomic E-state index is 8.51. The van der Waals surface area contributed by atoms with Gasteiger partial charge in [-0.05, 0) is 12.2 Å². The van der Waals surface area contributed by atoms with Crippen LogP contribution in [0.4, 0.5) is 0 Å². The summed E-state index contributed by atoms with van der Waals surface area (Å²) in [6.45, 7) is 0. The second-order valence-corrected chi connectivity index (χ2v) is 1.76. The number of nitriles is 2. The minimum Gasteiger partial charge on any atom is -0.267 e. The summed E-state index contributed by atoms with van der Waals surface area (Å²) < 4.78 is 0. The van der Waals surface area contributed by atoms with Crippen molar-refractivity contribution in [3.8, 4) is 12.1 Å². The molecule has 1 aliphatic rings. The molecule has 0 aromatic heterocycles. The molecule has 11 heavy (non-hydrogen) atoms. The highest BCUT2D eigenvalue weighted by atomic mass is 15.3. The Morgan fingerprint density at radius 3 is 2.82 bits per heavy atom. The van der Waals surface area contributed by atoms with Crippen LogP contribution in [-0.2, 0) is 0 Å². The highest BCUT2D eigenvalue weighted by molar-refractivity contribution is 5.73. The molecule has 4 nitrogen and oxygen atoms in total. The van der Waals surface area contributed by atoms with Gasteiger partial charge in [-0.25, -0.2) is 0 Å². The molecule has 0 fully saturated rings. The maximum Gasteiger partial charge on any atom is 0.151 e. The van der Waals surface area contributed by atoms with E-state index < -0.39 is 0 Å². The van der Waals surface area contributed by atoms with Gasteiger partial charge < -0.3 is 0 Å². The Labute approximate surface area is 63.7 Å². The van der Waals surface area contributed by atoms with Crippen molar-refractivity contribution >= 4 is 6.21 Å². The van der Waals surface area contributed by atoms with E-state index in [-0.39, 0.29) is 5.70 Å². The zero-order valence-corrected chi connectivity index (χ0v) is 5.57. The van der Waals surface area contributed by atoms with Crippen molar-refractivity contribution in [1.82, 2.24) is 5.43 Å². The summed E-state index contributed by atoms with van der Waals surface area (Å²) in [5, 5.41) is 20.6. The van der Waals surface area contributed by atoms with Crippen LogP contribution in [0.25, 0.3) is 0 Å². The van der Waals surface area contributed by atoms with Gasteiger partial charge in [0.1, 0.15) is 12.1 Å². The van der Waals surface area contributed by atoms with Gasteiger partial charge >= 0.3 is 0 Å². The van der Waals surface area contributed by atoms with Gasteiger partial charge in [-0.15, -0.1) is 0 Å². The van der Waals surface area contributed by atoms with E-state index in [0.717, 1.165) is 0 Å². The molecule has 1 rings (SSSR count). The molecule has 1 aliphatic heterocycles. The van der Waals surface area contributed by atoms with E-state index in [1.165, 1.54) is 12.3 Å². The third kappa shape index (κ3) is 1.44. The lowest BCUT2D eigenvalue weighted by Crippen LogP contribution is -2.03. The van der Waals surface area contributed by atoms with E-state index in [2.05, 4.69) is 10.5 Å². The molecule has 0 unspecified atom stereocenters. The molecular formula is C7H4N4. The van der Waals surface area contributed by atoms with E-state index in [9.17, 15) is 0 Å². The fourth-order valence-corrected chi connectivity index (χ4v) is 0.606. The summed E-state index contributed by atoms with van der Waals surface area (Å²) in [6, 6.07) is 3.70. The molecule has 1 heterocycles. The zero-order valence-electron chi connectivity index (χ0n) is 5.57. The molecule has 0 saturated carbocycles. The summed E-state index contributed by atoms with van der Waals surface area (Å²) in [5.41, 5.74) is 2.91. The summed E-state index contributed by atoms with van der Waals surface area (Å²) in [5.74, 6) is 0. The van der Waals surface area contributed by atoms with E-state index in [1.54, 1.807) is 6.08 Å². The second kappa shape index (κ2) is 3.19. The topological polar surface area (TPSA) is 72.0 Å². The average Bonchev–Trinajstić information content (AvgIpc) is 2.27. The largest absolute Gasteiger partial charge is 0.267 e. The number of rotatable bonds is 0. The number of hydrazone groups is 1. The molecule has 0 spiro atoms. The number of allylic oxidation sites excluding steroid dienone is 4. The van der Waals surface area contributed by atoms with Crippen molar-refractivity contribution in [2.24, 2.45) is 5.10 Å². The Balaban J connectivity index is 3.09. The second-order valence-electron chi connectivity index (χ2n) is 1.76. The van der Waals surface area contributed by atoms with Gasteiger partial charge in [0, 0.05) is 6.21 Å². The van der Waals surface area contributed by atoms with Gasteiger partial charge in [-0.3, -0.25) is 5.43 Å². The van der Waals surface area contributed by atoms with Gasteiger partial charge in [0.15, 0.2) is 5.70 Å². The van der Waals surface area contributed by atoms with Crippen LogP contribution in [0.3, 0.4) is 0 Å². The lowest BCUT2D eigenvalue weighted by molar-refractivity contribution is 0.926. The van der Waals surface area contributed by atoms with Crippen molar-refractivity contribution in [2.45, 2.75) is 0 Å². The van der Waals surface area contributed by atoms with Gasteiger partial charge in [0.05, 0.1) is 5.57 Å². The van der Waals surface area contributed by atoms with Gasteiger partial charge in [0.25, 0.3) is 0 Å². The smallest absolute Gasteiger partial charge is 0.151 e. The van der Waals surface area contributed by atoms with Crippen molar-refractivity contribution in [1.29, 1.82) is 10.5 Å². The van der Waals surface area contributed by atoms with Crippen LogP contribution in [0, 0.1) is 22.7 Å². The van der Waals surface area contributed by atoms with Crippen LogP contribution >= 0.6 is 0 Å². The van der Waals surface area contributed by atoms with E-state index in [0.29, 0.717) is 5.57 Å². The number of hydrogen-bond donors (Lipinski definition) is 1. The van der Waals surface area contributed by atoms with E-state index >= 15 is 0 Å². The first-order chi connectivity index (χ1) is 5.38. The zero-order chi connectivity index (χ0) is 8.10. The molecule has 52 valence electrons. The monoisotopic (exact) mass is 144 g/mol. The molecule has 0 saturated heterocycles. The molecule has 1 N–H and O–H groups in total. The summed E-state index contributed by atoms with van der Waals surface area (Å²) in [6.07, 6.45) is 4.60. The van der Waals surface area contributed by atoms with Crippen LogP contribution in [-0.4, -0.2) is 6.21 Å². The Morgan fingerprint density at radius 2 is 2.18 bits per heavy atom. The molecule has 0 aromatic rings. The van der Waals surface area contributed by atoms with Gasteiger partial charge in [0.2, 0.25) is 0 Å². The van der Waals surface area contributed by atoms with Crippen LogP contribution in [0.5, 0.6) is 0 Å². The summed E-state index contributed by atoms with van der Waals surface area (Å²) >= 11 is 0. The number of nitrogens with one attached hydrogen (secondary N) is 1. The Morgan fingerprint density at radius 1 is 1.36 bits per heavy atom. The molecule has 4 heteroatoms. The Bertz CT molecular complexity index is 321. The lowest BCUT2D eigenvalue weighted by atomic mass is 10.2. The first-order valence-electron chi connectivity index (χ1n) is 2.88. The highest BCUT2D eigenvalue weighted by Crippen LogP contribution is 2.02. The quantitative estimate of drug-likeness (QED) is 0.536. The molecule has 0 atom stereocenters. The number of hydrogen-bond acceptors (Lipinski definition) is 4. The van der Waals surface area contributed by atoms with Crippen LogP contribution in [0.15, 0.2) is 28.5 Å². The molecule has 0 aromatic carbocycles. The van der Waals surface area contributed by atoms with Crippen LogP contribution in [0.1, 0.15) is 0 Å². The van der Waals surface area contributed by atoms with Crippen LogP contribution in [0.2, 0.25) is 0 Å². The maximum absolute atomic E-state index is 8.51. The minimum absolute atomic E-state index is 0.178. The van der Waals surface area contributed by atoms with Crippen molar-refractivity contribution in [3.05, 3.63) is 23.4 Å². The normalized spacial score (nSPS) is 14.7. The first kappa shape index (κ1) is 7.04. The van der Waals surface area contributed by atoms with Crippen LogP contribution < -0.4 is 5.43 Å². The van der Waals surface area contributed by atoms with Crippen molar-refractivity contribution < 1.29 is 0 Å². The molecule has 0 radical (unpaired) electrons. The average molecular weight is 144 g/mol. The Hall–Kier alpha value is -2.07.